The standard InChI is InChI=1S/C22H27ClN2O5/c1-16(22(28)24-12-5-13-26)25(14-17-8-10-18(29-2)11-9-17)21(27)15-30-20-7-4-3-6-19(20)23/h3-4,6-11,16,26H,5,12-15H2,1-2H3,(H,24,28). The van der Waals surface area contributed by atoms with E-state index >= 15 is 0 Å². The molecule has 1 unspecified atom stereocenters. The molecule has 0 aliphatic carbocycles. The van der Waals surface area contributed by atoms with E-state index in [-0.39, 0.29) is 31.6 Å². The number of ether oxygens (including phenoxy) is 2. The highest BCUT2D eigenvalue weighted by Crippen LogP contribution is 2.23. The van der Waals surface area contributed by atoms with Gasteiger partial charge in [0, 0.05) is 19.7 Å². The van der Waals surface area contributed by atoms with Crippen LogP contribution in [-0.4, -0.2) is 54.7 Å². The maximum atomic E-state index is 12.9. The minimum atomic E-state index is -0.729. The first kappa shape index (κ1) is 23.5. The van der Waals surface area contributed by atoms with Gasteiger partial charge in [0.25, 0.3) is 5.91 Å². The van der Waals surface area contributed by atoms with Crippen molar-refractivity contribution in [2.75, 3.05) is 26.9 Å². The van der Waals surface area contributed by atoms with Crippen LogP contribution in [0.15, 0.2) is 48.5 Å². The summed E-state index contributed by atoms with van der Waals surface area (Å²) in [5.41, 5.74) is 0.844. The maximum Gasteiger partial charge on any atom is 0.261 e. The molecule has 0 radical (unpaired) electrons. The summed E-state index contributed by atoms with van der Waals surface area (Å²) in [6.07, 6.45) is 0.445. The first-order valence-electron chi connectivity index (χ1n) is 9.64. The largest absolute Gasteiger partial charge is 0.497 e. The van der Waals surface area contributed by atoms with Crippen LogP contribution in [0.25, 0.3) is 0 Å². The van der Waals surface area contributed by atoms with Crippen molar-refractivity contribution in [1.82, 2.24) is 10.2 Å². The van der Waals surface area contributed by atoms with Gasteiger partial charge in [0.1, 0.15) is 17.5 Å². The summed E-state index contributed by atoms with van der Waals surface area (Å²) >= 11 is 6.08. The molecule has 0 aliphatic rings. The van der Waals surface area contributed by atoms with Crippen LogP contribution in [0.3, 0.4) is 0 Å². The Morgan fingerprint density at radius 1 is 1.17 bits per heavy atom. The van der Waals surface area contributed by atoms with E-state index in [1.165, 1.54) is 4.90 Å². The van der Waals surface area contributed by atoms with Crippen molar-refractivity contribution in [3.8, 4) is 11.5 Å². The van der Waals surface area contributed by atoms with Crippen LogP contribution in [-0.2, 0) is 16.1 Å². The van der Waals surface area contributed by atoms with Gasteiger partial charge in [-0.15, -0.1) is 0 Å². The Labute approximate surface area is 181 Å². The van der Waals surface area contributed by atoms with Crippen molar-refractivity contribution >= 4 is 23.4 Å². The molecule has 30 heavy (non-hydrogen) atoms. The summed E-state index contributed by atoms with van der Waals surface area (Å²) in [5.74, 6) is 0.448. The highest BCUT2D eigenvalue weighted by Gasteiger charge is 2.26. The maximum absolute atomic E-state index is 12.9. The monoisotopic (exact) mass is 434 g/mol. The van der Waals surface area contributed by atoms with Crippen LogP contribution in [0.2, 0.25) is 5.02 Å². The zero-order chi connectivity index (χ0) is 21.9. The van der Waals surface area contributed by atoms with E-state index < -0.39 is 6.04 Å². The Hall–Kier alpha value is -2.77. The zero-order valence-electron chi connectivity index (χ0n) is 17.1. The Kier molecular flexibility index (Phi) is 9.44. The molecule has 2 aromatic carbocycles. The molecule has 1 atom stereocenters. The lowest BCUT2D eigenvalue weighted by Crippen LogP contribution is -2.49. The summed E-state index contributed by atoms with van der Waals surface area (Å²) in [6, 6.07) is 13.4. The van der Waals surface area contributed by atoms with Crippen molar-refractivity contribution in [2.24, 2.45) is 0 Å². The van der Waals surface area contributed by atoms with E-state index in [1.54, 1.807) is 50.4 Å². The van der Waals surface area contributed by atoms with Gasteiger partial charge in [-0.1, -0.05) is 35.9 Å². The molecule has 0 aliphatic heterocycles. The summed E-state index contributed by atoms with van der Waals surface area (Å²) in [7, 11) is 1.58. The molecular formula is C22H27ClN2O5. The predicted octanol–water partition coefficient (Wildman–Crippen LogP) is 2.64. The fourth-order valence-electron chi connectivity index (χ4n) is 2.73. The van der Waals surface area contributed by atoms with E-state index in [9.17, 15) is 9.59 Å². The van der Waals surface area contributed by atoms with Gasteiger partial charge in [-0.05, 0) is 43.2 Å². The number of aliphatic hydroxyl groups is 1. The molecule has 0 saturated carbocycles. The summed E-state index contributed by atoms with van der Waals surface area (Å²) in [5, 5.41) is 12.0. The van der Waals surface area contributed by atoms with Crippen molar-refractivity contribution in [3.63, 3.8) is 0 Å². The second-order valence-electron chi connectivity index (χ2n) is 6.63. The van der Waals surface area contributed by atoms with Crippen molar-refractivity contribution in [3.05, 3.63) is 59.1 Å². The average Bonchev–Trinajstić information content (AvgIpc) is 2.76. The van der Waals surface area contributed by atoms with Crippen molar-refractivity contribution in [1.29, 1.82) is 0 Å². The summed E-state index contributed by atoms with van der Waals surface area (Å²) < 4.78 is 10.7. The van der Waals surface area contributed by atoms with Crippen molar-refractivity contribution < 1.29 is 24.2 Å². The number of nitrogens with zero attached hydrogens (tertiary/aromatic N) is 1. The van der Waals surface area contributed by atoms with Crippen LogP contribution in [0.1, 0.15) is 18.9 Å². The fourth-order valence-corrected chi connectivity index (χ4v) is 2.92. The Balaban J connectivity index is 2.12. The number of benzene rings is 2. The minimum Gasteiger partial charge on any atom is -0.497 e. The molecular weight excluding hydrogens is 408 g/mol. The van der Waals surface area contributed by atoms with E-state index in [1.807, 2.05) is 12.1 Å². The molecule has 2 rings (SSSR count). The number of aliphatic hydroxyl groups excluding tert-OH is 1. The number of methoxy groups -OCH3 is 1. The number of hydrogen-bond acceptors (Lipinski definition) is 5. The lowest BCUT2D eigenvalue weighted by Gasteiger charge is -2.29. The fraction of sp³-hybridized carbons (Fsp3) is 0.364. The van der Waals surface area contributed by atoms with Crippen LogP contribution < -0.4 is 14.8 Å². The number of carbonyl (C=O) groups excluding carboxylic acids is 2. The van der Waals surface area contributed by atoms with Gasteiger partial charge < -0.3 is 24.8 Å². The molecule has 0 spiro atoms. The highest BCUT2D eigenvalue weighted by atomic mass is 35.5. The summed E-state index contributed by atoms with van der Waals surface area (Å²) in [4.78, 5) is 26.9. The normalized spacial score (nSPS) is 11.5. The number of hydrogen-bond donors (Lipinski definition) is 2. The molecule has 2 N–H and O–H groups in total. The van der Waals surface area contributed by atoms with Crippen LogP contribution in [0, 0.1) is 0 Å². The van der Waals surface area contributed by atoms with Gasteiger partial charge in [-0.25, -0.2) is 0 Å². The third kappa shape index (κ3) is 6.93. The quantitative estimate of drug-likeness (QED) is 0.531. The SMILES string of the molecule is COc1ccc(CN(C(=O)COc2ccccc2Cl)C(C)C(=O)NCCCO)cc1. The Morgan fingerprint density at radius 2 is 1.87 bits per heavy atom. The molecule has 0 bridgehead atoms. The number of para-hydroxylation sites is 1. The molecule has 0 heterocycles. The van der Waals surface area contributed by atoms with Gasteiger partial charge in [0.05, 0.1) is 12.1 Å². The number of amides is 2. The topological polar surface area (TPSA) is 88.1 Å². The lowest BCUT2D eigenvalue weighted by molar-refractivity contribution is -0.142. The van der Waals surface area contributed by atoms with Crippen LogP contribution in [0.4, 0.5) is 0 Å². The van der Waals surface area contributed by atoms with Gasteiger partial charge in [-0.2, -0.15) is 0 Å². The van der Waals surface area contributed by atoms with Crippen LogP contribution >= 0.6 is 11.6 Å². The number of halogens is 1. The van der Waals surface area contributed by atoms with E-state index in [0.717, 1.165) is 5.56 Å². The first-order valence-corrected chi connectivity index (χ1v) is 10.0. The molecule has 7 nitrogen and oxygen atoms in total. The van der Waals surface area contributed by atoms with Gasteiger partial charge >= 0.3 is 0 Å². The molecule has 0 aromatic heterocycles. The number of nitrogens with one attached hydrogen (secondary N) is 1. The third-order valence-corrected chi connectivity index (χ3v) is 4.81. The van der Waals surface area contributed by atoms with Crippen LogP contribution in [0.5, 0.6) is 11.5 Å². The Morgan fingerprint density at radius 3 is 2.50 bits per heavy atom. The second kappa shape index (κ2) is 12.0. The third-order valence-electron chi connectivity index (χ3n) is 4.50. The predicted molar refractivity (Wildman–Crippen MR) is 115 cm³/mol. The molecule has 0 fully saturated rings. The molecule has 162 valence electrons. The van der Waals surface area contributed by atoms with Crippen molar-refractivity contribution in [2.45, 2.75) is 25.9 Å². The van der Waals surface area contributed by atoms with E-state index in [4.69, 9.17) is 26.2 Å². The smallest absolute Gasteiger partial charge is 0.261 e. The minimum absolute atomic E-state index is 0.0190. The second-order valence-corrected chi connectivity index (χ2v) is 7.04. The Bertz CT molecular complexity index is 829. The zero-order valence-corrected chi connectivity index (χ0v) is 17.9. The molecule has 2 amide bonds. The lowest BCUT2D eigenvalue weighted by atomic mass is 10.1. The highest BCUT2D eigenvalue weighted by molar-refractivity contribution is 6.32. The van der Waals surface area contributed by atoms with E-state index in [2.05, 4.69) is 5.32 Å². The number of rotatable bonds is 11. The van der Waals surface area contributed by atoms with E-state index in [0.29, 0.717) is 29.5 Å². The van der Waals surface area contributed by atoms with Gasteiger partial charge in [0.15, 0.2) is 6.61 Å². The van der Waals surface area contributed by atoms with Gasteiger partial charge in [-0.3, -0.25) is 9.59 Å². The molecule has 0 saturated heterocycles. The first-order chi connectivity index (χ1) is 14.5. The average molecular weight is 435 g/mol. The molecule has 2 aromatic rings. The molecule has 8 heteroatoms. The number of carbonyl (C=O) groups is 2. The van der Waals surface area contributed by atoms with Gasteiger partial charge in [0.2, 0.25) is 5.91 Å². The summed E-state index contributed by atoms with van der Waals surface area (Å²) in [6.45, 7) is 1.94.